The summed E-state index contributed by atoms with van der Waals surface area (Å²) in [5.41, 5.74) is 25.4. The molecular weight excluding hydrogens is 1090 g/mol. The second-order valence-electron chi connectivity index (χ2n) is 25.3. The zero-order valence-corrected chi connectivity index (χ0v) is 56.3. The molecule has 11 aromatic rings. The van der Waals surface area contributed by atoms with Crippen LogP contribution < -0.4 is 0 Å². The number of rotatable bonds is 19. The molecule has 0 saturated carbocycles. The minimum absolute atomic E-state index is 0.0605. The summed E-state index contributed by atoms with van der Waals surface area (Å²) in [6.45, 7) is 30.2. The number of aromatic nitrogens is 10. The lowest BCUT2D eigenvalue weighted by molar-refractivity contribution is 0.568. The summed E-state index contributed by atoms with van der Waals surface area (Å²) in [5.74, 6) is 0.488. The van der Waals surface area contributed by atoms with Crippen molar-refractivity contribution in [2.24, 2.45) is 0 Å². The van der Waals surface area contributed by atoms with Crippen LogP contribution in [0.4, 0.5) is 0 Å². The number of unbranched alkanes of at least 4 members (excludes halogenated alkanes) is 8. The Bertz CT molecular complexity index is 3980. The zero-order chi connectivity index (χ0) is 63.7. The molecular formula is C79H100N10. The lowest BCUT2D eigenvalue weighted by atomic mass is 9.92. The molecule has 1 atom stereocenters. The molecule has 11 rings (SSSR count). The van der Waals surface area contributed by atoms with Crippen LogP contribution in [0, 0.1) is 34.6 Å². The Morgan fingerprint density at radius 1 is 0.337 bits per heavy atom. The van der Waals surface area contributed by atoms with E-state index in [0.717, 1.165) is 110 Å². The average molecular weight is 1190 g/mol. The zero-order valence-electron chi connectivity index (χ0n) is 56.3. The summed E-state index contributed by atoms with van der Waals surface area (Å²) in [4.78, 5) is 46.9. The molecule has 0 aliphatic rings. The Kier molecular flexibility index (Phi) is 26.7. The number of hydrogen-bond acceptors (Lipinski definition) is 10. The Labute approximate surface area is 532 Å². The minimum Gasteiger partial charge on any atom is -0.253 e. The van der Waals surface area contributed by atoms with Crippen molar-refractivity contribution in [1.29, 1.82) is 0 Å². The second-order valence-corrected chi connectivity index (χ2v) is 25.3. The maximum absolute atomic E-state index is 4.92. The van der Waals surface area contributed by atoms with Crippen LogP contribution in [-0.2, 0) is 31.1 Å². The fourth-order valence-corrected chi connectivity index (χ4v) is 10.3. The number of hydrogen-bond donors (Lipinski definition) is 0. The van der Waals surface area contributed by atoms with E-state index in [1.807, 2.05) is 67.1 Å². The van der Waals surface area contributed by atoms with Crippen molar-refractivity contribution >= 4 is 55.2 Å². The van der Waals surface area contributed by atoms with E-state index in [0.29, 0.717) is 5.92 Å². The first-order chi connectivity index (χ1) is 43.0. The summed E-state index contributed by atoms with van der Waals surface area (Å²) in [6.07, 6.45) is 26.1. The SMILES string of the molecule is CCC(C)c1cnc2ccc(C)cc2n1.CCCCCCc1nc2cc(C)ccc2nc1CCCC.CCCCCCc1nc2ccc(C)cc2nc1CCCC.Cc1ccc2ncc(-c3ccccc3)nc2c1.Cc1ccc2ncc(C(C)(C)C)nc2c1. The molecule has 0 bridgehead atoms. The van der Waals surface area contributed by atoms with Gasteiger partial charge in [-0.05, 0) is 187 Å². The summed E-state index contributed by atoms with van der Waals surface area (Å²) < 4.78 is 0. The van der Waals surface area contributed by atoms with E-state index in [4.69, 9.17) is 19.9 Å². The first-order valence-corrected chi connectivity index (χ1v) is 33.3. The molecule has 5 aromatic heterocycles. The lowest BCUT2D eigenvalue weighted by Gasteiger charge is -2.17. The van der Waals surface area contributed by atoms with Crippen molar-refractivity contribution in [3.05, 3.63) is 202 Å². The van der Waals surface area contributed by atoms with Gasteiger partial charge in [-0.3, -0.25) is 15.0 Å². The second kappa shape index (κ2) is 34.7. The quantitative estimate of drug-likeness (QED) is 0.0722. The molecule has 1 unspecified atom stereocenters. The Morgan fingerprint density at radius 3 is 1.11 bits per heavy atom. The molecule has 0 aliphatic carbocycles. The van der Waals surface area contributed by atoms with Gasteiger partial charge < -0.3 is 0 Å². The highest BCUT2D eigenvalue weighted by molar-refractivity contribution is 5.79. The predicted octanol–water partition coefficient (Wildman–Crippen LogP) is 21.1. The maximum atomic E-state index is 4.92. The molecule has 0 spiro atoms. The third-order valence-electron chi connectivity index (χ3n) is 16.1. The molecule has 5 heterocycles. The largest absolute Gasteiger partial charge is 0.253 e. The highest BCUT2D eigenvalue weighted by Crippen LogP contribution is 2.25. The molecule has 0 N–H and O–H groups in total. The first-order valence-electron chi connectivity index (χ1n) is 33.3. The molecule has 10 heteroatoms. The van der Waals surface area contributed by atoms with Gasteiger partial charge in [0, 0.05) is 23.4 Å². The van der Waals surface area contributed by atoms with Gasteiger partial charge in [-0.2, -0.15) is 0 Å². The monoisotopic (exact) mass is 1190 g/mol. The van der Waals surface area contributed by atoms with Gasteiger partial charge >= 0.3 is 0 Å². The Balaban J connectivity index is 0.000000160. The van der Waals surface area contributed by atoms with E-state index in [1.165, 1.54) is 128 Å². The van der Waals surface area contributed by atoms with E-state index in [1.54, 1.807) is 0 Å². The van der Waals surface area contributed by atoms with Gasteiger partial charge in [-0.25, -0.2) is 34.9 Å². The van der Waals surface area contributed by atoms with Gasteiger partial charge in [0.25, 0.3) is 0 Å². The van der Waals surface area contributed by atoms with Crippen molar-refractivity contribution < 1.29 is 0 Å². The molecule has 0 amide bonds. The third kappa shape index (κ3) is 21.1. The lowest BCUT2D eigenvalue weighted by Crippen LogP contribution is -2.13. The van der Waals surface area contributed by atoms with Crippen molar-refractivity contribution in [2.45, 2.75) is 217 Å². The fraction of sp³-hybridized carbons (Fsp3) is 0.418. The van der Waals surface area contributed by atoms with Crippen molar-refractivity contribution in [1.82, 2.24) is 49.8 Å². The Morgan fingerprint density at radius 2 is 0.697 bits per heavy atom. The first kappa shape index (κ1) is 68.5. The molecule has 0 aliphatic heterocycles. The van der Waals surface area contributed by atoms with Crippen LogP contribution in [0.15, 0.2) is 140 Å². The molecule has 466 valence electrons. The number of nitrogens with zero attached hydrogens (tertiary/aromatic N) is 10. The van der Waals surface area contributed by atoms with Crippen LogP contribution in [0.1, 0.15) is 214 Å². The number of aryl methyl sites for hydroxylation is 9. The van der Waals surface area contributed by atoms with E-state index in [2.05, 4.69) is 200 Å². The van der Waals surface area contributed by atoms with Crippen molar-refractivity contribution in [3.8, 4) is 11.3 Å². The van der Waals surface area contributed by atoms with Crippen LogP contribution in [-0.4, -0.2) is 49.8 Å². The maximum Gasteiger partial charge on any atom is 0.0896 e. The summed E-state index contributed by atoms with van der Waals surface area (Å²) >= 11 is 0. The highest BCUT2D eigenvalue weighted by Gasteiger charge is 2.17. The van der Waals surface area contributed by atoms with Crippen LogP contribution in [0.5, 0.6) is 0 Å². The van der Waals surface area contributed by atoms with Crippen LogP contribution in [0.25, 0.3) is 66.4 Å². The van der Waals surface area contributed by atoms with Crippen molar-refractivity contribution in [2.75, 3.05) is 0 Å². The van der Waals surface area contributed by atoms with Gasteiger partial charge in [-0.1, -0.05) is 174 Å². The van der Waals surface area contributed by atoms with Crippen LogP contribution >= 0.6 is 0 Å². The number of fused-ring (bicyclic) bond motifs is 5. The van der Waals surface area contributed by atoms with E-state index in [9.17, 15) is 0 Å². The molecule has 10 nitrogen and oxygen atoms in total. The molecule has 89 heavy (non-hydrogen) atoms. The van der Waals surface area contributed by atoms with Gasteiger partial charge in [0.15, 0.2) is 0 Å². The summed E-state index contributed by atoms with van der Waals surface area (Å²) in [5, 5.41) is 0. The van der Waals surface area contributed by atoms with Gasteiger partial charge in [0.1, 0.15) is 0 Å². The number of benzene rings is 6. The van der Waals surface area contributed by atoms with Crippen molar-refractivity contribution in [3.63, 3.8) is 0 Å². The third-order valence-corrected chi connectivity index (χ3v) is 16.1. The van der Waals surface area contributed by atoms with E-state index in [-0.39, 0.29) is 5.41 Å². The van der Waals surface area contributed by atoms with Gasteiger partial charge in [0.2, 0.25) is 0 Å². The average Bonchev–Trinajstić information content (AvgIpc) is 2.16. The van der Waals surface area contributed by atoms with E-state index >= 15 is 0 Å². The van der Waals surface area contributed by atoms with E-state index < -0.39 is 0 Å². The van der Waals surface area contributed by atoms with Gasteiger partial charge in [0.05, 0.1) is 101 Å². The highest BCUT2D eigenvalue weighted by atomic mass is 14.8. The Hall–Kier alpha value is -7.98. The molecule has 0 radical (unpaired) electrons. The fourth-order valence-electron chi connectivity index (χ4n) is 10.3. The summed E-state index contributed by atoms with van der Waals surface area (Å²) in [6, 6.07) is 41.4. The summed E-state index contributed by atoms with van der Waals surface area (Å²) in [7, 11) is 0. The van der Waals surface area contributed by atoms with Crippen LogP contribution in [0.2, 0.25) is 0 Å². The standard InChI is InChI=1S/2C19H28N2.C15H12N2.2C13H16N2/c1-4-6-8-9-11-17-16(10-7-5-2)21-19-14-15(3)12-13-18(19)20-17;1-4-6-8-9-11-17-16(10-7-5-2)20-18-13-12-15(3)14-19(18)21-17;1-11-7-8-13-14(9-11)17-15(10-16-13)12-5-3-2-4-6-12;1-9-5-6-10-11(7-9)15-12(8-14-10)13(2,3)4;1-4-10(3)13-8-14-11-6-5-9(2)7-12(11)15-13/h2*12-14H,4-11H2,1-3H3;2-10H,1H3;5-8H,1-4H3;5-8,10H,4H2,1-3H3. The normalized spacial score (nSPS) is 11.5. The molecule has 0 fully saturated rings. The topological polar surface area (TPSA) is 129 Å². The van der Waals surface area contributed by atoms with Gasteiger partial charge in [-0.15, -0.1) is 0 Å². The minimum atomic E-state index is 0.0605. The van der Waals surface area contributed by atoms with Crippen LogP contribution in [0.3, 0.4) is 0 Å². The smallest absolute Gasteiger partial charge is 0.0896 e. The predicted molar refractivity (Wildman–Crippen MR) is 377 cm³/mol. The molecule has 6 aromatic carbocycles. The molecule has 0 saturated heterocycles.